The fourth-order valence-electron chi connectivity index (χ4n) is 1.39. The SMILES string of the molecule is Cc1ccc(C(=O)/C=C/c2ccccc2)o1. The van der Waals surface area contributed by atoms with Gasteiger partial charge in [0.2, 0.25) is 5.78 Å². The molecule has 2 rings (SSSR count). The zero-order valence-corrected chi connectivity index (χ0v) is 9.01. The molecule has 0 fully saturated rings. The van der Waals surface area contributed by atoms with E-state index in [1.165, 1.54) is 6.08 Å². The molecule has 0 N–H and O–H groups in total. The van der Waals surface area contributed by atoms with Crippen molar-refractivity contribution in [2.24, 2.45) is 0 Å². The van der Waals surface area contributed by atoms with Crippen LogP contribution < -0.4 is 0 Å². The maximum absolute atomic E-state index is 11.7. The van der Waals surface area contributed by atoms with Crippen molar-refractivity contribution in [2.45, 2.75) is 6.92 Å². The first-order valence-corrected chi connectivity index (χ1v) is 5.09. The predicted molar refractivity (Wildman–Crippen MR) is 63.3 cm³/mol. The first-order chi connectivity index (χ1) is 7.75. The Bertz CT molecular complexity index is 507. The summed E-state index contributed by atoms with van der Waals surface area (Å²) in [5.74, 6) is 1.01. The summed E-state index contributed by atoms with van der Waals surface area (Å²) in [6.45, 7) is 1.82. The van der Waals surface area contributed by atoms with Crippen LogP contribution in [-0.2, 0) is 0 Å². The molecule has 0 aliphatic carbocycles. The van der Waals surface area contributed by atoms with Crippen LogP contribution in [0.1, 0.15) is 21.9 Å². The van der Waals surface area contributed by atoms with E-state index in [0.717, 1.165) is 11.3 Å². The Morgan fingerprint density at radius 2 is 1.88 bits per heavy atom. The van der Waals surface area contributed by atoms with Gasteiger partial charge in [-0.15, -0.1) is 0 Å². The number of rotatable bonds is 3. The second-order valence-electron chi connectivity index (χ2n) is 3.52. The lowest BCUT2D eigenvalue weighted by molar-refractivity contribution is 0.102. The van der Waals surface area contributed by atoms with Crippen molar-refractivity contribution in [3.05, 3.63) is 65.6 Å². The third-order valence-corrected chi connectivity index (χ3v) is 2.21. The van der Waals surface area contributed by atoms with E-state index in [4.69, 9.17) is 4.42 Å². The van der Waals surface area contributed by atoms with Gasteiger partial charge < -0.3 is 4.42 Å². The molecule has 0 spiro atoms. The van der Waals surface area contributed by atoms with Crippen molar-refractivity contribution in [3.63, 3.8) is 0 Å². The van der Waals surface area contributed by atoms with E-state index in [0.29, 0.717) is 5.76 Å². The fourth-order valence-corrected chi connectivity index (χ4v) is 1.39. The van der Waals surface area contributed by atoms with E-state index in [1.54, 1.807) is 18.2 Å². The Labute approximate surface area is 94.2 Å². The normalized spacial score (nSPS) is 10.8. The highest BCUT2D eigenvalue weighted by Gasteiger charge is 2.05. The van der Waals surface area contributed by atoms with Crippen molar-refractivity contribution < 1.29 is 9.21 Å². The van der Waals surface area contributed by atoms with Gasteiger partial charge in [0.25, 0.3) is 0 Å². The number of allylic oxidation sites excluding steroid dienone is 1. The lowest BCUT2D eigenvalue weighted by Gasteiger charge is -1.91. The molecule has 0 saturated heterocycles. The van der Waals surface area contributed by atoms with Gasteiger partial charge in [0.15, 0.2) is 5.76 Å². The summed E-state index contributed by atoms with van der Waals surface area (Å²) in [4.78, 5) is 11.7. The third-order valence-electron chi connectivity index (χ3n) is 2.21. The molecule has 1 aromatic carbocycles. The fraction of sp³-hybridized carbons (Fsp3) is 0.0714. The number of hydrogen-bond acceptors (Lipinski definition) is 2. The molecule has 0 aliphatic rings. The molecule has 0 amide bonds. The van der Waals surface area contributed by atoms with Gasteiger partial charge >= 0.3 is 0 Å². The largest absolute Gasteiger partial charge is 0.458 e. The third kappa shape index (κ3) is 2.48. The number of carbonyl (C=O) groups excluding carboxylic acids is 1. The van der Waals surface area contributed by atoms with Crippen molar-refractivity contribution in [2.75, 3.05) is 0 Å². The maximum Gasteiger partial charge on any atom is 0.221 e. The van der Waals surface area contributed by atoms with Gasteiger partial charge in [-0.25, -0.2) is 0 Å². The molecule has 0 bridgehead atoms. The van der Waals surface area contributed by atoms with Crippen molar-refractivity contribution in [1.82, 2.24) is 0 Å². The number of furan rings is 1. The zero-order chi connectivity index (χ0) is 11.4. The average Bonchev–Trinajstić information content (AvgIpc) is 2.74. The van der Waals surface area contributed by atoms with Gasteiger partial charge in [-0.1, -0.05) is 36.4 Å². The highest BCUT2D eigenvalue weighted by molar-refractivity contribution is 6.04. The summed E-state index contributed by atoms with van der Waals surface area (Å²) in [6.07, 6.45) is 3.30. The smallest absolute Gasteiger partial charge is 0.221 e. The molecule has 16 heavy (non-hydrogen) atoms. The quantitative estimate of drug-likeness (QED) is 0.576. The first kappa shape index (κ1) is 10.4. The molecule has 0 radical (unpaired) electrons. The van der Waals surface area contributed by atoms with E-state index < -0.39 is 0 Å². The number of hydrogen-bond donors (Lipinski definition) is 0. The van der Waals surface area contributed by atoms with Gasteiger partial charge in [-0.05, 0) is 30.7 Å². The van der Waals surface area contributed by atoms with E-state index in [9.17, 15) is 4.79 Å². The Kier molecular flexibility index (Phi) is 3.01. The van der Waals surface area contributed by atoms with Crippen LogP contribution in [0.5, 0.6) is 0 Å². The second-order valence-corrected chi connectivity index (χ2v) is 3.52. The summed E-state index contributed by atoms with van der Waals surface area (Å²) in [7, 11) is 0. The Balaban J connectivity index is 2.11. The summed E-state index contributed by atoms with van der Waals surface area (Å²) < 4.78 is 5.23. The maximum atomic E-state index is 11.7. The monoisotopic (exact) mass is 212 g/mol. The van der Waals surface area contributed by atoms with Crippen LogP contribution in [-0.4, -0.2) is 5.78 Å². The minimum absolute atomic E-state index is 0.114. The molecule has 2 aromatic rings. The molecule has 2 nitrogen and oxygen atoms in total. The lowest BCUT2D eigenvalue weighted by atomic mass is 10.2. The summed E-state index contributed by atoms with van der Waals surface area (Å²) in [5.41, 5.74) is 0.999. The number of carbonyl (C=O) groups is 1. The van der Waals surface area contributed by atoms with Gasteiger partial charge in [-0.2, -0.15) is 0 Å². The second kappa shape index (κ2) is 4.62. The van der Waals surface area contributed by atoms with Crippen LogP contribution in [0.4, 0.5) is 0 Å². The van der Waals surface area contributed by atoms with Crippen LogP contribution in [0.3, 0.4) is 0 Å². The van der Waals surface area contributed by atoms with Gasteiger partial charge in [0.1, 0.15) is 5.76 Å². The van der Waals surface area contributed by atoms with Crippen LogP contribution in [0, 0.1) is 6.92 Å². The molecule has 0 unspecified atom stereocenters. The van der Waals surface area contributed by atoms with Crippen LogP contribution in [0.25, 0.3) is 6.08 Å². The minimum atomic E-state index is -0.114. The topological polar surface area (TPSA) is 30.2 Å². The standard InChI is InChI=1S/C14H12O2/c1-11-7-10-14(16-11)13(15)9-8-12-5-3-2-4-6-12/h2-10H,1H3/b9-8+. The molecule has 0 atom stereocenters. The summed E-state index contributed by atoms with van der Waals surface area (Å²) in [6, 6.07) is 13.2. The Hall–Kier alpha value is -2.09. The highest BCUT2D eigenvalue weighted by atomic mass is 16.3. The van der Waals surface area contributed by atoms with Crippen LogP contribution in [0.15, 0.2) is 53.0 Å². The molecule has 0 saturated carbocycles. The molecule has 2 heteroatoms. The molecular weight excluding hydrogens is 200 g/mol. The average molecular weight is 212 g/mol. The Morgan fingerprint density at radius 3 is 2.50 bits per heavy atom. The van der Waals surface area contributed by atoms with E-state index in [-0.39, 0.29) is 5.78 Å². The first-order valence-electron chi connectivity index (χ1n) is 5.09. The van der Waals surface area contributed by atoms with Crippen molar-refractivity contribution in [1.29, 1.82) is 0 Å². The number of benzene rings is 1. The molecule has 1 aromatic heterocycles. The molecule has 0 aliphatic heterocycles. The van der Waals surface area contributed by atoms with E-state index in [2.05, 4.69) is 0 Å². The van der Waals surface area contributed by atoms with Crippen LogP contribution >= 0.6 is 0 Å². The Morgan fingerprint density at radius 1 is 1.12 bits per heavy atom. The molecule has 1 heterocycles. The zero-order valence-electron chi connectivity index (χ0n) is 9.01. The summed E-state index contributed by atoms with van der Waals surface area (Å²) in [5, 5.41) is 0. The lowest BCUT2D eigenvalue weighted by Crippen LogP contribution is -1.90. The van der Waals surface area contributed by atoms with Gasteiger partial charge in [-0.3, -0.25) is 4.79 Å². The molecular formula is C14H12O2. The number of ketones is 1. The highest BCUT2D eigenvalue weighted by Crippen LogP contribution is 2.09. The van der Waals surface area contributed by atoms with Gasteiger partial charge in [0.05, 0.1) is 0 Å². The van der Waals surface area contributed by atoms with Crippen molar-refractivity contribution in [3.8, 4) is 0 Å². The number of aryl methyl sites for hydroxylation is 1. The van der Waals surface area contributed by atoms with Crippen molar-refractivity contribution >= 4 is 11.9 Å². The van der Waals surface area contributed by atoms with E-state index >= 15 is 0 Å². The predicted octanol–water partition coefficient (Wildman–Crippen LogP) is 3.48. The van der Waals surface area contributed by atoms with Crippen LogP contribution in [0.2, 0.25) is 0 Å². The minimum Gasteiger partial charge on any atom is -0.458 e. The van der Waals surface area contributed by atoms with Gasteiger partial charge in [0, 0.05) is 0 Å². The van der Waals surface area contributed by atoms with E-state index in [1.807, 2.05) is 37.3 Å². The molecule has 80 valence electrons. The summed E-state index contributed by atoms with van der Waals surface area (Å²) >= 11 is 0.